The third kappa shape index (κ3) is 4.99. The molecule has 0 atom stereocenters. The fraction of sp³-hybridized carbons (Fsp3) is 0.222. The van der Waals surface area contributed by atoms with Crippen LogP contribution in [0.5, 0.6) is 11.5 Å². The number of carbonyl (C=O) groups is 1. The van der Waals surface area contributed by atoms with Crippen LogP contribution in [-0.4, -0.2) is 19.1 Å². The highest BCUT2D eigenvalue weighted by atomic mass is 19.1. The third-order valence-corrected chi connectivity index (χ3v) is 5.30. The Labute approximate surface area is 187 Å². The van der Waals surface area contributed by atoms with Crippen molar-refractivity contribution in [2.24, 2.45) is 0 Å². The molecule has 4 rings (SSSR count). The molecule has 1 N–H and O–H groups in total. The van der Waals surface area contributed by atoms with Crippen LogP contribution in [-0.2, 0) is 10.2 Å². The summed E-state index contributed by atoms with van der Waals surface area (Å²) in [6.45, 7) is 7.44. The van der Waals surface area contributed by atoms with E-state index in [0.29, 0.717) is 36.0 Å². The Hall–Kier alpha value is -3.60. The molecule has 1 amide bonds. The molecular weight excluding hydrogens is 405 g/mol. The van der Waals surface area contributed by atoms with Gasteiger partial charge >= 0.3 is 0 Å². The molecule has 0 spiro atoms. The first-order chi connectivity index (χ1) is 15.3. The second kappa shape index (κ2) is 8.87. The molecule has 0 saturated heterocycles. The van der Waals surface area contributed by atoms with Crippen LogP contribution < -0.4 is 14.8 Å². The van der Waals surface area contributed by atoms with Crippen molar-refractivity contribution < 1.29 is 18.7 Å². The number of amides is 1. The fourth-order valence-electron chi connectivity index (χ4n) is 3.54. The molecule has 0 unspecified atom stereocenters. The van der Waals surface area contributed by atoms with Crippen LogP contribution in [0.2, 0.25) is 0 Å². The second-order valence-corrected chi connectivity index (χ2v) is 8.74. The van der Waals surface area contributed by atoms with Crippen LogP contribution in [0.1, 0.15) is 37.5 Å². The molecule has 0 radical (unpaired) electrons. The number of nitrogens with one attached hydrogen (secondary N) is 1. The van der Waals surface area contributed by atoms with E-state index in [2.05, 4.69) is 38.2 Å². The molecule has 0 aliphatic carbocycles. The van der Waals surface area contributed by atoms with Gasteiger partial charge in [0.05, 0.1) is 0 Å². The lowest BCUT2D eigenvalue weighted by Gasteiger charge is -2.20. The Morgan fingerprint density at radius 1 is 0.875 bits per heavy atom. The average Bonchev–Trinajstić information content (AvgIpc) is 2.78. The average molecular weight is 432 g/mol. The van der Waals surface area contributed by atoms with E-state index in [1.165, 1.54) is 23.8 Å². The number of carbonyl (C=O) groups excluding carboxylic acids is 1. The fourth-order valence-corrected chi connectivity index (χ4v) is 3.54. The van der Waals surface area contributed by atoms with Crippen LogP contribution in [0.25, 0.3) is 5.57 Å². The highest BCUT2D eigenvalue weighted by Crippen LogP contribution is 2.33. The highest BCUT2D eigenvalue weighted by molar-refractivity contribution is 6.06. The zero-order chi connectivity index (χ0) is 22.7. The summed E-state index contributed by atoms with van der Waals surface area (Å²) in [6.07, 6.45) is 1.54. The molecule has 32 heavy (non-hydrogen) atoms. The second-order valence-electron chi connectivity index (χ2n) is 8.74. The standard InChI is InChI=1S/C27H26FNO3/c1-27(2,3)20-8-4-18(5-9-20)23(19-6-10-21(28)11-7-19)17-26(30)29-22-12-13-24-25(16-22)32-15-14-31-24/h4-13,16-17H,14-15H2,1-3H3,(H,29,30). The Morgan fingerprint density at radius 2 is 1.47 bits per heavy atom. The minimum atomic E-state index is -0.322. The number of rotatable bonds is 4. The maximum Gasteiger partial charge on any atom is 0.249 e. The third-order valence-electron chi connectivity index (χ3n) is 5.30. The Bertz CT molecular complexity index is 1140. The summed E-state index contributed by atoms with van der Waals surface area (Å²) in [7, 11) is 0. The van der Waals surface area contributed by atoms with Gasteiger partial charge in [-0.25, -0.2) is 4.39 Å². The molecular formula is C27H26FNO3. The molecule has 1 aliphatic heterocycles. The molecule has 4 nitrogen and oxygen atoms in total. The van der Waals surface area contributed by atoms with Gasteiger partial charge in [-0.1, -0.05) is 57.2 Å². The summed E-state index contributed by atoms with van der Waals surface area (Å²) in [5.74, 6) is 0.656. The van der Waals surface area contributed by atoms with Crippen LogP contribution in [0.4, 0.5) is 10.1 Å². The van der Waals surface area contributed by atoms with E-state index in [4.69, 9.17) is 9.47 Å². The maximum absolute atomic E-state index is 13.5. The Kier molecular flexibility index (Phi) is 5.99. The smallest absolute Gasteiger partial charge is 0.249 e. The van der Waals surface area contributed by atoms with Crippen molar-refractivity contribution in [2.45, 2.75) is 26.2 Å². The number of fused-ring (bicyclic) bond motifs is 1. The Morgan fingerprint density at radius 3 is 2.09 bits per heavy atom. The van der Waals surface area contributed by atoms with Crippen molar-refractivity contribution in [1.82, 2.24) is 0 Å². The van der Waals surface area contributed by atoms with Gasteiger partial charge in [-0.3, -0.25) is 4.79 Å². The van der Waals surface area contributed by atoms with Crippen molar-refractivity contribution >= 4 is 17.2 Å². The van der Waals surface area contributed by atoms with Gasteiger partial charge in [0.25, 0.3) is 0 Å². The van der Waals surface area contributed by atoms with Gasteiger partial charge in [0.15, 0.2) is 11.5 Å². The number of hydrogen-bond acceptors (Lipinski definition) is 3. The van der Waals surface area contributed by atoms with Gasteiger partial charge in [-0.15, -0.1) is 0 Å². The van der Waals surface area contributed by atoms with Gasteiger partial charge in [-0.2, -0.15) is 0 Å². The van der Waals surface area contributed by atoms with E-state index in [1.807, 2.05) is 12.1 Å². The van der Waals surface area contributed by atoms with E-state index < -0.39 is 0 Å². The minimum absolute atomic E-state index is 0.0217. The summed E-state index contributed by atoms with van der Waals surface area (Å²) in [6, 6.07) is 19.5. The van der Waals surface area contributed by atoms with Gasteiger partial charge in [-0.05, 0) is 51.9 Å². The maximum atomic E-state index is 13.5. The van der Waals surface area contributed by atoms with Gasteiger partial charge in [0, 0.05) is 17.8 Å². The lowest BCUT2D eigenvalue weighted by atomic mass is 9.85. The molecule has 1 heterocycles. The van der Waals surface area contributed by atoms with Crippen molar-refractivity contribution in [3.63, 3.8) is 0 Å². The van der Waals surface area contributed by atoms with Crippen LogP contribution in [0.15, 0.2) is 72.8 Å². The predicted octanol–water partition coefficient (Wildman–Crippen LogP) is 5.96. The molecule has 164 valence electrons. The van der Waals surface area contributed by atoms with E-state index in [9.17, 15) is 9.18 Å². The molecule has 5 heteroatoms. The minimum Gasteiger partial charge on any atom is -0.486 e. The highest BCUT2D eigenvalue weighted by Gasteiger charge is 2.16. The molecule has 0 saturated carbocycles. The number of benzene rings is 3. The van der Waals surface area contributed by atoms with Gasteiger partial charge < -0.3 is 14.8 Å². The number of hydrogen-bond donors (Lipinski definition) is 1. The van der Waals surface area contributed by atoms with Crippen molar-refractivity contribution in [2.75, 3.05) is 18.5 Å². The predicted molar refractivity (Wildman–Crippen MR) is 125 cm³/mol. The molecule has 3 aromatic rings. The first-order valence-corrected chi connectivity index (χ1v) is 10.6. The number of anilines is 1. The largest absolute Gasteiger partial charge is 0.486 e. The molecule has 0 aromatic heterocycles. The molecule has 0 fully saturated rings. The zero-order valence-corrected chi connectivity index (χ0v) is 18.4. The van der Waals surface area contributed by atoms with Gasteiger partial charge in [0.1, 0.15) is 19.0 Å². The monoisotopic (exact) mass is 431 g/mol. The normalized spacial score (nSPS) is 13.6. The van der Waals surface area contributed by atoms with Crippen molar-refractivity contribution in [3.05, 3.63) is 95.3 Å². The summed E-state index contributed by atoms with van der Waals surface area (Å²) in [4.78, 5) is 12.9. The summed E-state index contributed by atoms with van der Waals surface area (Å²) >= 11 is 0. The topological polar surface area (TPSA) is 47.6 Å². The quantitative estimate of drug-likeness (QED) is 0.518. The Balaban J connectivity index is 1.64. The summed E-state index contributed by atoms with van der Waals surface area (Å²) in [5.41, 5.74) is 4.17. The van der Waals surface area contributed by atoms with Gasteiger partial charge in [0.2, 0.25) is 5.91 Å². The van der Waals surface area contributed by atoms with E-state index in [0.717, 1.165) is 11.1 Å². The van der Waals surface area contributed by atoms with Crippen LogP contribution in [0, 0.1) is 5.82 Å². The van der Waals surface area contributed by atoms with Crippen molar-refractivity contribution in [1.29, 1.82) is 0 Å². The van der Waals surface area contributed by atoms with E-state index in [1.54, 1.807) is 30.3 Å². The van der Waals surface area contributed by atoms with E-state index in [-0.39, 0.29) is 17.1 Å². The zero-order valence-electron chi connectivity index (χ0n) is 18.4. The lowest BCUT2D eigenvalue weighted by molar-refractivity contribution is -0.111. The lowest BCUT2D eigenvalue weighted by Crippen LogP contribution is -2.16. The summed E-state index contributed by atoms with van der Waals surface area (Å²) in [5, 5.41) is 2.88. The molecule has 3 aromatic carbocycles. The first kappa shape index (κ1) is 21.6. The molecule has 1 aliphatic rings. The van der Waals surface area contributed by atoms with Crippen molar-refractivity contribution in [3.8, 4) is 11.5 Å². The number of halogens is 1. The van der Waals surface area contributed by atoms with Crippen LogP contribution in [0.3, 0.4) is 0 Å². The van der Waals surface area contributed by atoms with Crippen LogP contribution >= 0.6 is 0 Å². The summed E-state index contributed by atoms with van der Waals surface area (Å²) < 4.78 is 24.6. The first-order valence-electron chi connectivity index (χ1n) is 10.6. The number of ether oxygens (including phenoxy) is 2. The SMILES string of the molecule is CC(C)(C)c1ccc(C(=CC(=O)Nc2ccc3c(c2)OCCO3)c2ccc(F)cc2)cc1. The molecule has 0 bridgehead atoms. The van der Waals surface area contributed by atoms with E-state index >= 15 is 0 Å².